The molecule has 2 aromatic rings. The summed E-state index contributed by atoms with van der Waals surface area (Å²) in [6.45, 7) is 3.39. The largest absolute Gasteiger partial charge is 0.369 e. The van der Waals surface area contributed by atoms with E-state index < -0.39 is 0 Å². The van der Waals surface area contributed by atoms with Crippen LogP contribution in [-0.2, 0) is 13.6 Å². The van der Waals surface area contributed by atoms with Gasteiger partial charge in [0.15, 0.2) is 0 Å². The lowest BCUT2D eigenvalue weighted by molar-refractivity contribution is 0.568. The van der Waals surface area contributed by atoms with Gasteiger partial charge in [-0.1, -0.05) is 5.21 Å². The van der Waals surface area contributed by atoms with Crippen LogP contribution in [0.2, 0.25) is 0 Å². The maximum Gasteiger partial charge on any atom is 0.142 e. The van der Waals surface area contributed by atoms with Crippen molar-refractivity contribution in [1.82, 2.24) is 24.8 Å². The van der Waals surface area contributed by atoms with Crippen molar-refractivity contribution in [3.8, 4) is 6.07 Å². The molecule has 0 saturated carbocycles. The molecule has 0 aliphatic carbocycles. The molecule has 2 rings (SSSR count). The van der Waals surface area contributed by atoms with Crippen molar-refractivity contribution >= 4 is 5.82 Å². The van der Waals surface area contributed by atoms with Crippen LogP contribution in [0.4, 0.5) is 5.82 Å². The van der Waals surface area contributed by atoms with E-state index in [0.717, 1.165) is 31.0 Å². The first kappa shape index (κ1) is 12.1. The molecule has 2 heterocycles. The van der Waals surface area contributed by atoms with Gasteiger partial charge in [0.25, 0.3) is 0 Å². The Bertz CT molecular complexity index is 547. The average molecular weight is 245 g/mol. The van der Waals surface area contributed by atoms with Crippen LogP contribution >= 0.6 is 0 Å². The lowest BCUT2D eigenvalue weighted by atomic mass is 10.2. The number of anilines is 1. The van der Waals surface area contributed by atoms with Crippen LogP contribution < -0.4 is 5.32 Å². The van der Waals surface area contributed by atoms with E-state index in [0.29, 0.717) is 5.56 Å². The fraction of sp³-hybridized carbons (Fsp3) is 0.455. The van der Waals surface area contributed by atoms with Gasteiger partial charge in [-0.25, -0.2) is 0 Å². The summed E-state index contributed by atoms with van der Waals surface area (Å²) >= 11 is 0. The van der Waals surface area contributed by atoms with Crippen molar-refractivity contribution in [2.24, 2.45) is 7.05 Å². The van der Waals surface area contributed by atoms with E-state index >= 15 is 0 Å². The molecule has 0 aliphatic rings. The normalized spacial score (nSPS) is 10.3. The number of hydrogen-bond donors (Lipinski definition) is 1. The van der Waals surface area contributed by atoms with Crippen LogP contribution in [0.25, 0.3) is 0 Å². The molecule has 0 fully saturated rings. The third-order valence-corrected chi connectivity index (χ3v) is 2.66. The number of rotatable bonds is 5. The number of nitriles is 1. The third-order valence-electron chi connectivity index (χ3n) is 2.66. The molecule has 18 heavy (non-hydrogen) atoms. The monoisotopic (exact) mass is 245 g/mol. The Kier molecular flexibility index (Phi) is 3.57. The smallest absolute Gasteiger partial charge is 0.142 e. The Labute approximate surface area is 105 Å². The highest BCUT2D eigenvalue weighted by Gasteiger charge is 2.11. The Morgan fingerprint density at radius 1 is 1.50 bits per heavy atom. The van der Waals surface area contributed by atoms with Crippen LogP contribution in [0.15, 0.2) is 12.4 Å². The fourth-order valence-electron chi connectivity index (χ4n) is 1.79. The van der Waals surface area contributed by atoms with Gasteiger partial charge in [0.05, 0.1) is 11.9 Å². The van der Waals surface area contributed by atoms with Crippen molar-refractivity contribution in [3.63, 3.8) is 0 Å². The lowest BCUT2D eigenvalue weighted by Crippen LogP contribution is -2.10. The minimum Gasteiger partial charge on any atom is -0.369 e. The van der Waals surface area contributed by atoms with Crippen LogP contribution in [-0.4, -0.2) is 31.3 Å². The first-order valence-corrected chi connectivity index (χ1v) is 5.74. The number of aromatic nitrogens is 5. The van der Waals surface area contributed by atoms with E-state index in [1.54, 1.807) is 15.6 Å². The number of nitrogens with one attached hydrogen (secondary N) is 1. The first-order valence-electron chi connectivity index (χ1n) is 5.74. The molecule has 0 atom stereocenters. The average Bonchev–Trinajstić information content (AvgIpc) is 2.93. The summed E-state index contributed by atoms with van der Waals surface area (Å²) in [4.78, 5) is 0. The highest BCUT2D eigenvalue weighted by atomic mass is 15.4. The molecular weight excluding hydrogens is 230 g/mol. The Morgan fingerprint density at radius 2 is 2.33 bits per heavy atom. The van der Waals surface area contributed by atoms with Gasteiger partial charge < -0.3 is 5.32 Å². The molecule has 0 amide bonds. The molecule has 0 aliphatic heterocycles. The quantitative estimate of drug-likeness (QED) is 0.783. The van der Waals surface area contributed by atoms with Crippen molar-refractivity contribution in [2.75, 3.05) is 11.9 Å². The fourth-order valence-corrected chi connectivity index (χ4v) is 1.79. The van der Waals surface area contributed by atoms with E-state index in [1.807, 2.05) is 20.2 Å². The van der Waals surface area contributed by atoms with Crippen LogP contribution in [0, 0.1) is 18.3 Å². The van der Waals surface area contributed by atoms with Crippen molar-refractivity contribution in [2.45, 2.75) is 19.9 Å². The second-order valence-corrected chi connectivity index (χ2v) is 3.99. The molecule has 7 heteroatoms. The highest BCUT2D eigenvalue weighted by molar-refractivity contribution is 5.54. The number of nitrogens with zero attached hydrogens (tertiary/aromatic N) is 6. The van der Waals surface area contributed by atoms with Crippen LogP contribution in [0.5, 0.6) is 0 Å². The standard InChI is InChI=1S/C11H15N7/c1-9-10(8-12)11(17(2)15-9)13-4-3-6-18-7-5-14-16-18/h5,7,13H,3-4,6H2,1-2H3. The summed E-state index contributed by atoms with van der Waals surface area (Å²) in [5.41, 5.74) is 1.36. The van der Waals surface area contributed by atoms with Crippen molar-refractivity contribution in [1.29, 1.82) is 5.26 Å². The van der Waals surface area contributed by atoms with Crippen LogP contribution in [0.3, 0.4) is 0 Å². The molecule has 94 valence electrons. The lowest BCUT2D eigenvalue weighted by Gasteiger charge is -2.06. The molecule has 0 radical (unpaired) electrons. The zero-order chi connectivity index (χ0) is 13.0. The first-order chi connectivity index (χ1) is 8.72. The summed E-state index contributed by atoms with van der Waals surface area (Å²) in [5.74, 6) is 0.772. The molecule has 0 bridgehead atoms. The van der Waals surface area contributed by atoms with E-state index in [-0.39, 0.29) is 0 Å². The summed E-state index contributed by atoms with van der Waals surface area (Å²) in [7, 11) is 1.83. The van der Waals surface area contributed by atoms with Gasteiger partial charge in [-0.05, 0) is 13.3 Å². The van der Waals surface area contributed by atoms with E-state index in [1.165, 1.54) is 0 Å². The second-order valence-electron chi connectivity index (χ2n) is 3.99. The topological polar surface area (TPSA) is 84.3 Å². The van der Waals surface area contributed by atoms with Crippen molar-refractivity contribution < 1.29 is 0 Å². The molecule has 0 spiro atoms. The van der Waals surface area contributed by atoms with Crippen molar-refractivity contribution in [3.05, 3.63) is 23.7 Å². The highest BCUT2D eigenvalue weighted by Crippen LogP contribution is 2.16. The SMILES string of the molecule is Cc1nn(C)c(NCCCn2ccnn2)c1C#N. The van der Waals surface area contributed by atoms with Gasteiger partial charge in [0.1, 0.15) is 17.5 Å². The zero-order valence-electron chi connectivity index (χ0n) is 10.5. The maximum atomic E-state index is 9.05. The predicted molar refractivity (Wildman–Crippen MR) is 65.8 cm³/mol. The minimum atomic E-state index is 0.609. The van der Waals surface area contributed by atoms with Gasteiger partial charge in [-0.2, -0.15) is 10.4 Å². The summed E-state index contributed by atoms with van der Waals surface area (Å²) in [5, 5.41) is 24.1. The molecule has 1 N–H and O–H groups in total. The molecule has 0 saturated heterocycles. The number of hydrogen-bond acceptors (Lipinski definition) is 5. The van der Waals surface area contributed by atoms with E-state index in [9.17, 15) is 0 Å². The number of aryl methyl sites for hydroxylation is 3. The van der Waals surface area contributed by atoms with Gasteiger partial charge in [-0.15, -0.1) is 5.10 Å². The predicted octanol–water partition coefficient (Wildman–Crippen LogP) is 0.694. The van der Waals surface area contributed by atoms with Gasteiger partial charge >= 0.3 is 0 Å². The minimum absolute atomic E-state index is 0.609. The van der Waals surface area contributed by atoms with Gasteiger partial charge in [0, 0.05) is 26.3 Å². The maximum absolute atomic E-state index is 9.05. The molecule has 0 unspecified atom stereocenters. The van der Waals surface area contributed by atoms with Gasteiger partial charge in [-0.3, -0.25) is 9.36 Å². The van der Waals surface area contributed by atoms with E-state index in [2.05, 4.69) is 26.8 Å². The molecule has 7 nitrogen and oxygen atoms in total. The molecule has 2 aromatic heterocycles. The third kappa shape index (κ3) is 2.48. The summed E-state index contributed by atoms with van der Waals surface area (Å²) in [6, 6.07) is 2.17. The second kappa shape index (κ2) is 5.31. The van der Waals surface area contributed by atoms with E-state index in [4.69, 9.17) is 5.26 Å². The Balaban J connectivity index is 1.89. The zero-order valence-corrected chi connectivity index (χ0v) is 10.5. The van der Waals surface area contributed by atoms with Crippen LogP contribution in [0.1, 0.15) is 17.7 Å². The Morgan fingerprint density at radius 3 is 3.00 bits per heavy atom. The molecule has 0 aromatic carbocycles. The molecular formula is C11H15N7. The summed E-state index contributed by atoms with van der Waals surface area (Å²) < 4.78 is 3.48. The van der Waals surface area contributed by atoms with Gasteiger partial charge in [0.2, 0.25) is 0 Å². The summed E-state index contributed by atoms with van der Waals surface area (Å²) in [6.07, 6.45) is 4.39. The Hall–Kier alpha value is -2.36.